The molecule has 8 nitrogen and oxygen atoms in total. The first kappa shape index (κ1) is 19.9. The van der Waals surface area contributed by atoms with Crippen LogP contribution in [0.2, 0.25) is 5.15 Å². The van der Waals surface area contributed by atoms with Crippen LogP contribution in [0.4, 0.5) is 11.6 Å². The van der Waals surface area contributed by atoms with Gasteiger partial charge in [-0.2, -0.15) is 10.4 Å². The second-order valence-corrected chi connectivity index (χ2v) is 9.31. The summed E-state index contributed by atoms with van der Waals surface area (Å²) >= 11 is 6.48. The summed E-state index contributed by atoms with van der Waals surface area (Å²) in [5, 5.41) is 18.8. The Bertz CT molecular complexity index is 1200. The van der Waals surface area contributed by atoms with Crippen molar-refractivity contribution in [2.45, 2.75) is 43.7 Å². The van der Waals surface area contributed by atoms with Crippen molar-refractivity contribution in [1.29, 1.82) is 5.26 Å². The molecule has 32 heavy (non-hydrogen) atoms. The first-order valence-electron chi connectivity index (χ1n) is 11.2. The minimum Gasteiger partial charge on any atom is -0.378 e. The van der Waals surface area contributed by atoms with Gasteiger partial charge in [-0.15, -0.1) is 0 Å². The van der Waals surface area contributed by atoms with E-state index in [0.717, 1.165) is 74.0 Å². The van der Waals surface area contributed by atoms with Crippen LogP contribution in [0.1, 0.15) is 48.8 Å². The summed E-state index contributed by atoms with van der Waals surface area (Å²) < 4.78 is 7.19. The molecular formula is C23H24ClN7O. The normalized spacial score (nSPS) is 20.2. The zero-order valence-corrected chi connectivity index (χ0v) is 18.4. The molecule has 0 amide bonds. The van der Waals surface area contributed by atoms with Crippen molar-refractivity contribution < 1.29 is 4.74 Å². The Kier molecular flexibility index (Phi) is 4.98. The molecule has 4 heterocycles. The highest BCUT2D eigenvalue weighted by Gasteiger charge is 2.31. The maximum absolute atomic E-state index is 9.77. The highest BCUT2D eigenvalue weighted by molar-refractivity contribution is 6.32. The molecule has 0 radical (unpaired) electrons. The molecule has 164 valence electrons. The lowest BCUT2D eigenvalue weighted by atomic mass is 9.85. The van der Waals surface area contributed by atoms with Crippen molar-refractivity contribution in [2.24, 2.45) is 0 Å². The second-order valence-electron chi connectivity index (χ2n) is 8.96. The van der Waals surface area contributed by atoms with Gasteiger partial charge >= 0.3 is 0 Å². The molecule has 1 N–H and O–H groups in total. The molecule has 6 rings (SSSR count). The van der Waals surface area contributed by atoms with E-state index in [1.54, 1.807) is 12.4 Å². The van der Waals surface area contributed by atoms with E-state index in [9.17, 15) is 5.26 Å². The first-order valence-corrected chi connectivity index (χ1v) is 11.6. The highest BCUT2D eigenvalue weighted by Crippen LogP contribution is 2.39. The van der Waals surface area contributed by atoms with E-state index in [1.165, 1.54) is 0 Å². The summed E-state index contributed by atoms with van der Waals surface area (Å²) in [5.41, 5.74) is 3.35. The average molecular weight is 450 g/mol. The van der Waals surface area contributed by atoms with Gasteiger partial charge in [0.25, 0.3) is 0 Å². The lowest BCUT2D eigenvalue weighted by Crippen LogP contribution is -2.51. The van der Waals surface area contributed by atoms with Crippen LogP contribution >= 0.6 is 11.6 Å². The van der Waals surface area contributed by atoms with Crippen molar-refractivity contribution >= 4 is 34.1 Å². The summed E-state index contributed by atoms with van der Waals surface area (Å²) in [7, 11) is 0. The van der Waals surface area contributed by atoms with Crippen LogP contribution in [-0.4, -0.2) is 57.0 Å². The second kappa shape index (κ2) is 8.00. The van der Waals surface area contributed by atoms with Gasteiger partial charge < -0.3 is 10.1 Å². The molecule has 0 atom stereocenters. The van der Waals surface area contributed by atoms with Crippen LogP contribution in [-0.2, 0) is 4.74 Å². The van der Waals surface area contributed by atoms with Crippen LogP contribution in [0.15, 0.2) is 24.5 Å². The molecule has 1 aliphatic carbocycles. The van der Waals surface area contributed by atoms with Crippen LogP contribution in [0, 0.1) is 11.3 Å². The van der Waals surface area contributed by atoms with Gasteiger partial charge in [-0.05, 0) is 62.4 Å². The third-order valence-electron chi connectivity index (χ3n) is 6.85. The summed E-state index contributed by atoms with van der Waals surface area (Å²) in [6, 6.07) is 7.35. The molecular weight excluding hydrogens is 426 g/mol. The number of likely N-dealkylation sites (tertiary alicyclic amines) is 1. The maximum Gasteiger partial charge on any atom is 0.227 e. The fourth-order valence-electron chi connectivity index (χ4n) is 4.72. The van der Waals surface area contributed by atoms with Gasteiger partial charge in [0, 0.05) is 11.6 Å². The van der Waals surface area contributed by atoms with Gasteiger partial charge in [0.2, 0.25) is 5.95 Å². The number of aromatic nitrogens is 4. The summed E-state index contributed by atoms with van der Waals surface area (Å²) in [6.45, 7) is 3.78. The Morgan fingerprint density at radius 2 is 1.91 bits per heavy atom. The summed E-state index contributed by atoms with van der Waals surface area (Å²) in [6.07, 6.45) is 7.80. The monoisotopic (exact) mass is 449 g/mol. The Morgan fingerprint density at radius 3 is 2.59 bits per heavy atom. The van der Waals surface area contributed by atoms with Gasteiger partial charge in [0.15, 0.2) is 5.15 Å². The number of hydrogen-bond donors (Lipinski definition) is 1. The van der Waals surface area contributed by atoms with Crippen LogP contribution in [0.25, 0.3) is 10.9 Å². The van der Waals surface area contributed by atoms with Crippen molar-refractivity contribution in [3.8, 4) is 6.07 Å². The number of nitriles is 1. The van der Waals surface area contributed by atoms with Gasteiger partial charge in [-0.1, -0.05) is 11.6 Å². The van der Waals surface area contributed by atoms with Gasteiger partial charge in [-0.25, -0.2) is 14.6 Å². The summed E-state index contributed by atoms with van der Waals surface area (Å²) in [4.78, 5) is 11.7. The molecule has 1 saturated carbocycles. The van der Waals surface area contributed by atoms with E-state index >= 15 is 0 Å². The summed E-state index contributed by atoms with van der Waals surface area (Å²) in [5.74, 6) is 0.842. The molecule has 0 bridgehead atoms. The van der Waals surface area contributed by atoms with E-state index in [0.29, 0.717) is 34.8 Å². The van der Waals surface area contributed by atoms with Crippen molar-refractivity contribution in [2.75, 3.05) is 31.6 Å². The number of rotatable bonds is 5. The topological polar surface area (TPSA) is 91.9 Å². The maximum atomic E-state index is 9.77. The van der Waals surface area contributed by atoms with Crippen LogP contribution in [0.3, 0.4) is 0 Å². The molecule has 3 fully saturated rings. The first-order chi connectivity index (χ1) is 15.7. The smallest absolute Gasteiger partial charge is 0.227 e. The number of anilines is 2. The number of nitrogens with zero attached hydrogens (tertiary/aromatic N) is 6. The van der Waals surface area contributed by atoms with Crippen LogP contribution in [0.5, 0.6) is 0 Å². The number of nitrogens with one attached hydrogen (secondary N) is 1. The lowest BCUT2D eigenvalue weighted by Gasteiger charge is -2.41. The molecule has 2 aromatic heterocycles. The Labute approximate surface area is 191 Å². The number of ether oxygens (including phenoxy) is 1. The quantitative estimate of drug-likeness (QED) is 0.629. The number of benzene rings is 1. The van der Waals surface area contributed by atoms with Crippen LogP contribution < -0.4 is 5.32 Å². The SMILES string of the molecule is N#Cc1cc2cnc(Nc3cnn(C4CC4)c3Cl)nc2cc1C1CCN(C2COC2)CC1. The standard InChI is InChI=1S/C23H24ClN7O/c24-22-21(11-27-31(22)17-1-2-17)29-23-26-10-16-7-15(9-25)19(8-20(16)28-23)14-3-5-30(6-4-14)18-12-32-13-18/h7-8,10-11,14,17-18H,1-6,12-13H2,(H,26,28,29). The van der Waals surface area contributed by atoms with Crippen molar-refractivity contribution in [1.82, 2.24) is 24.6 Å². The van der Waals surface area contributed by atoms with E-state index in [4.69, 9.17) is 21.3 Å². The molecule has 2 aliphatic heterocycles. The average Bonchev–Trinajstić information content (AvgIpc) is 3.56. The van der Waals surface area contributed by atoms with Gasteiger partial charge in [0.1, 0.15) is 0 Å². The predicted octanol–water partition coefficient (Wildman–Crippen LogP) is 4.01. The van der Waals surface area contributed by atoms with Crippen molar-refractivity contribution in [3.05, 3.63) is 40.8 Å². The number of hydrogen-bond acceptors (Lipinski definition) is 7. The van der Waals surface area contributed by atoms with Crippen molar-refractivity contribution in [3.63, 3.8) is 0 Å². The molecule has 2 saturated heterocycles. The van der Waals surface area contributed by atoms with E-state index in [2.05, 4.69) is 32.4 Å². The van der Waals surface area contributed by atoms with E-state index in [1.807, 2.05) is 10.7 Å². The number of fused-ring (bicyclic) bond motifs is 1. The van der Waals surface area contributed by atoms with E-state index < -0.39 is 0 Å². The van der Waals surface area contributed by atoms with E-state index in [-0.39, 0.29) is 0 Å². The van der Waals surface area contributed by atoms with Gasteiger partial charge in [0.05, 0.1) is 54.3 Å². The highest BCUT2D eigenvalue weighted by atomic mass is 35.5. The largest absolute Gasteiger partial charge is 0.378 e. The number of piperidine rings is 1. The minimum atomic E-state index is 0.365. The molecule has 9 heteroatoms. The minimum absolute atomic E-state index is 0.365. The number of halogens is 1. The Balaban J connectivity index is 1.26. The molecule has 0 spiro atoms. The molecule has 3 aliphatic rings. The molecule has 1 aromatic carbocycles. The molecule has 0 unspecified atom stereocenters. The third-order valence-corrected chi connectivity index (χ3v) is 7.23. The Hall–Kier alpha value is -2.73. The third kappa shape index (κ3) is 3.60. The zero-order valence-electron chi connectivity index (χ0n) is 17.7. The predicted molar refractivity (Wildman–Crippen MR) is 121 cm³/mol. The fraction of sp³-hybridized carbons (Fsp3) is 0.478. The fourth-order valence-corrected chi connectivity index (χ4v) is 5.00. The Morgan fingerprint density at radius 1 is 1.09 bits per heavy atom. The van der Waals surface area contributed by atoms with Gasteiger partial charge in [-0.3, -0.25) is 4.90 Å². The molecule has 3 aromatic rings. The lowest BCUT2D eigenvalue weighted by molar-refractivity contribution is -0.0712. The zero-order chi connectivity index (χ0) is 21.7.